The first kappa shape index (κ1) is 15.0. The van der Waals surface area contributed by atoms with Crippen molar-refractivity contribution in [1.29, 1.82) is 0 Å². The van der Waals surface area contributed by atoms with Crippen LogP contribution >= 0.6 is 0 Å². The van der Waals surface area contributed by atoms with Crippen LogP contribution in [-0.4, -0.2) is 31.3 Å². The van der Waals surface area contributed by atoms with Crippen LogP contribution in [0.2, 0.25) is 0 Å². The van der Waals surface area contributed by atoms with E-state index in [1.165, 1.54) is 4.90 Å². The minimum absolute atomic E-state index is 0.240. The summed E-state index contributed by atoms with van der Waals surface area (Å²) in [5.41, 5.74) is 1.64. The van der Waals surface area contributed by atoms with Crippen LogP contribution < -0.4 is 4.90 Å². The third kappa shape index (κ3) is 4.57. The molecule has 1 amide bonds. The molecule has 0 fully saturated rings. The Morgan fingerprint density at radius 3 is 2.67 bits per heavy atom. The van der Waals surface area contributed by atoms with Gasteiger partial charge in [0.05, 0.1) is 25.0 Å². The minimum atomic E-state index is -0.413. The zero-order chi connectivity index (χ0) is 14.9. The van der Waals surface area contributed by atoms with Crippen molar-refractivity contribution in [2.24, 2.45) is 0 Å². The molecule has 2 aromatic rings. The van der Waals surface area contributed by atoms with Gasteiger partial charge in [-0.2, -0.15) is 0 Å². The number of methoxy groups -OCH3 is 1. The van der Waals surface area contributed by atoms with Crippen LogP contribution in [0.1, 0.15) is 5.56 Å². The fraction of sp³-hybridized carbons (Fsp3) is 0.250. The lowest BCUT2D eigenvalue weighted by Crippen LogP contribution is -2.34. The average molecular weight is 286 g/mol. The fourth-order valence-corrected chi connectivity index (χ4v) is 1.82. The van der Waals surface area contributed by atoms with Gasteiger partial charge in [0, 0.05) is 13.3 Å². The highest BCUT2D eigenvalue weighted by Crippen LogP contribution is 2.14. The number of ether oxygens (including phenoxy) is 2. The highest BCUT2D eigenvalue weighted by Gasteiger charge is 2.17. The third-order valence-corrected chi connectivity index (χ3v) is 2.90. The summed E-state index contributed by atoms with van der Waals surface area (Å²) in [7, 11) is 1.59. The van der Waals surface area contributed by atoms with Gasteiger partial charge in [0.2, 0.25) is 0 Å². The number of hydrogen-bond acceptors (Lipinski definition) is 4. The maximum absolute atomic E-state index is 12.2. The highest BCUT2D eigenvalue weighted by atomic mass is 16.6. The van der Waals surface area contributed by atoms with Crippen molar-refractivity contribution in [3.8, 4) is 0 Å². The number of amides is 1. The predicted octanol–water partition coefficient (Wildman–Crippen LogP) is 2.87. The molecule has 1 aromatic heterocycles. The van der Waals surface area contributed by atoms with Crippen molar-refractivity contribution >= 4 is 11.8 Å². The Labute approximate surface area is 124 Å². The van der Waals surface area contributed by atoms with Gasteiger partial charge in [0.15, 0.2) is 0 Å². The normalized spacial score (nSPS) is 10.1. The van der Waals surface area contributed by atoms with Crippen molar-refractivity contribution in [3.05, 3.63) is 60.4 Å². The van der Waals surface area contributed by atoms with Gasteiger partial charge in [-0.15, -0.1) is 0 Å². The van der Waals surface area contributed by atoms with Crippen LogP contribution in [0.3, 0.4) is 0 Å². The maximum Gasteiger partial charge on any atom is 0.414 e. The Balaban J connectivity index is 2.01. The zero-order valence-corrected chi connectivity index (χ0v) is 11.9. The average Bonchev–Trinajstić information content (AvgIpc) is 2.55. The van der Waals surface area contributed by atoms with Crippen molar-refractivity contribution in [2.45, 2.75) is 6.61 Å². The van der Waals surface area contributed by atoms with Crippen LogP contribution in [0.5, 0.6) is 0 Å². The summed E-state index contributed by atoms with van der Waals surface area (Å²) in [6, 6.07) is 13.2. The highest BCUT2D eigenvalue weighted by molar-refractivity contribution is 5.87. The third-order valence-electron chi connectivity index (χ3n) is 2.90. The summed E-state index contributed by atoms with van der Waals surface area (Å²) >= 11 is 0. The quantitative estimate of drug-likeness (QED) is 0.819. The Morgan fingerprint density at radius 1 is 1.19 bits per heavy atom. The van der Waals surface area contributed by atoms with Crippen LogP contribution in [0.25, 0.3) is 0 Å². The van der Waals surface area contributed by atoms with Gasteiger partial charge < -0.3 is 9.47 Å². The van der Waals surface area contributed by atoms with Gasteiger partial charge >= 0.3 is 6.09 Å². The fourth-order valence-electron chi connectivity index (χ4n) is 1.82. The minimum Gasteiger partial charge on any atom is -0.444 e. The molecule has 2 rings (SSSR count). The molecular weight excluding hydrogens is 268 g/mol. The molecule has 0 radical (unpaired) electrons. The molecule has 0 N–H and O–H groups in total. The van der Waals surface area contributed by atoms with E-state index in [0.29, 0.717) is 18.8 Å². The number of anilines is 1. The number of hydrogen-bond donors (Lipinski definition) is 0. The van der Waals surface area contributed by atoms with Gasteiger partial charge in [0.1, 0.15) is 6.61 Å². The lowest BCUT2D eigenvalue weighted by molar-refractivity contribution is 0.142. The second kappa shape index (κ2) is 8.01. The van der Waals surface area contributed by atoms with Gasteiger partial charge in [-0.1, -0.05) is 30.3 Å². The van der Waals surface area contributed by atoms with E-state index in [1.807, 2.05) is 36.4 Å². The van der Waals surface area contributed by atoms with Crippen LogP contribution in [0, 0.1) is 0 Å². The van der Waals surface area contributed by atoms with E-state index in [-0.39, 0.29) is 6.61 Å². The van der Waals surface area contributed by atoms with Crippen molar-refractivity contribution in [2.75, 3.05) is 25.2 Å². The van der Waals surface area contributed by atoms with Crippen LogP contribution in [-0.2, 0) is 16.1 Å². The molecule has 0 saturated heterocycles. The summed E-state index contributed by atoms with van der Waals surface area (Å²) in [4.78, 5) is 17.8. The van der Waals surface area contributed by atoms with E-state index in [2.05, 4.69) is 4.98 Å². The van der Waals surface area contributed by atoms with Crippen LogP contribution in [0.4, 0.5) is 10.5 Å². The first-order valence-electron chi connectivity index (χ1n) is 6.68. The number of nitrogens with zero attached hydrogens (tertiary/aromatic N) is 2. The van der Waals surface area contributed by atoms with Gasteiger partial charge in [-0.3, -0.25) is 9.88 Å². The molecule has 0 spiro atoms. The molecule has 0 aliphatic carbocycles. The summed E-state index contributed by atoms with van der Waals surface area (Å²) in [6.07, 6.45) is 2.87. The first-order valence-corrected chi connectivity index (χ1v) is 6.68. The number of pyridine rings is 1. The van der Waals surface area contributed by atoms with E-state index >= 15 is 0 Å². The molecule has 0 atom stereocenters. The van der Waals surface area contributed by atoms with E-state index in [1.54, 1.807) is 25.6 Å². The summed E-state index contributed by atoms with van der Waals surface area (Å²) in [6.45, 7) is 1.08. The molecular formula is C16H18N2O3. The number of aromatic nitrogens is 1. The number of carbonyl (C=O) groups is 1. The molecule has 0 aliphatic heterocycles. The number of benzene rings is 1. The molecule has 1 aromatic carbocycles. The van der Waals surface area contributed by atoms with Gasteiger partial charge in [-0.05, 0) is 17.7 Å². The molecule has 0 unspecified atom stereocenters. The summed E-state index contributed by atoms with van der Waals surface area (Å²) < 4.78 is 10.4. The molecule has 0 bridgehead atoms. The number of rotatable bonds is 6. The van der Waals surface area contributed by atoms with E-state index in [0.717, 1.165) is 5.56 Å². The van der Waals surface area contributed by atoms with Crippen LogP contribution in [0.15, 0.2) is 54.9 Å². The number of carbonyl (C=O) groups excluding carboxylic acids is 1. The van der Waals surface area contributed by atoms with Gasteiger partial charge in [-0.25, -0.2) is 4.79 Å². The molecule has 5 nitrogen and oxygen atoms in total. The largest absolute Gasteiger partial charge is 0.444 e. The Bertz CT molecular complexity index is 546. The van der Waals surface area contributed by atoms with Crippen molar-refractivity contribution < 1.29 is 14.3 Å². The first-order chi connectivity index (χ1) is 10.3. The molecule has 1 heterocycles. The maximum atomic E-state index is 12.2. The zero-order valence-electron chi connectivity index (χ0n) is 11.9. The summed E-state index contributed by atoms with van der Waals surface area (Å²) in [5.74, 6) is 0. The van der Waals surface area contributed by atoms with E-state index < -0.39 is 6.09 Å². The molecule has 21 heavy (non-hydrogen) atoms. The lowest BCUT2D eigenvalue weighted by Gasteiger charge is -2.21. The summed E-state index contributed by atoms with van der Waals surface area (Å²) in [5, 5.41) is 0. The molecule has 0 aliphatic rings. The SMILES string of the molecule is COCCN(C(=O)OCc1ccccc1)c1cccnc1. The second-order valence-electron chi connectivity index (χ2n) is 4.40. The Kier molecular flexibility index (Phi) is 5.72. The Morgan fingerprint density at radius 2 is 2.00 bits per heavy atom. The molecule has 5 heteroatoms. The van der Waals surface area contributed by atoms with Gasteiger partial charge in [0.25, 0.3) is 0 Å². The van der Waals surface area contributed by atoms with E-state index in [4.69, 9.17) is 9.47 Å². The van der Waals surface area contributed by atoms with Crippen molar-refractivity contribution in [3.63, 3.8) is 0 Å². The lowest BCUT2D eigenvalue weighted by atomic mass is 10.2. The topological polar surface area (TPSA) is 51.7 Å². The molecule has 0 saturated carbocycles. The predicted molar refractivity (Wildman–Crippen MR) is 80.1 cm³/mol. The smallest absolute Gasteiger partial charge is 0.414 e. The Hall–Kier alpha value is -2.40. The molecule has 110 valence electrons. The van der Waals surface area contributed by atoms with E-state index in [9.17, 15) is 4.79 Å². The van der Waals surface area contributed by atoms with Crippen molar-refractivity contribution in [1.82, 2.24) is 4.98 Å². The standard InChI is InChI=1S/C16H18N2O3/c1-20-11-10-18(15-8-5-9-17-12-15)16(19)21-13-14-6-3-2-4-7-14/h2-9,12H,10-11,13H2,1H3. The monoisotopic (exact) mass is 286 g/mol. The second-order valence-corrected chi connectivity index (χ2v) is 4.40.